The molecular formula is C9H11O2. The van der Waals surface area contributed by atoms with Gasteiger partial charge in [-0.2, -0.15) is 0 Å². The molecule has 0 aliphatic rings. The Hall–Kier alpha value is -1.05. The van der Waals surface area contributed by atoms with Crippen molar-refractivity contribution in [1.29, 1.82) is 0 Å². The number of hydrogen-bond donors (Lipinski definition) is 0. The van der Waals surface area contributed by atoms with E-state index in [1.807, 2.05) is 0 Å². The summed E-state index contributed by atoms with van der Waals surface area (Å²) in [5.74, 6) is 0.279. The Balaban J connectivity index is 2.73. The van der Waals surface area contributed by atoms with Gasteiger partial charge in [-0.1, -0.05) is 13.3 Å². The van der Waals surface area contributed by atoms with Crippen LogP contribution in [0.3, 0.4) is 0 Å². The van der Waals surface area contributed by atoms with Crippen molar-refractivity contribution in [3.8, 4) is 0 Å². The summed E-state index contributed by atoms with van der Waals surface area (Å²) < 4.78 is 4.97. The van der Waals surface area contributed by atoms with Crippen LogP contribution in [0.25, 0.3) is 0 Å². The van der Waals surface area contributed by atoms with Gasteiger partial charge in [0.1, 0.15) is 0 Å². The second kappa shape index (κ2) is 3.37. The smallest absolute Gasteiger partial charge is 0.195 e. The summed E-state index contributed by atoms with van der Waals surface area (Å²) in [6.45, 7) is 3.55. The minimum atomic E-state index is -0.0626. The van der Waals surface area contributed by atoms with E-state index in [1.165, 1.54) is 6.92 Å². The Kier molecular flexibility index (Phi) is 2.47. The highest BCUT2D eigenvalue weighted by Crippen LogP contribution is 2.08. The van der Waals surface area contributed by atoms with Crippen LogP contribution in [0.2, 0.25) is 0 Å². The lowest BCUT2D eigenvalue weighted by Gasteiger charge is -1.84. The monoisotopic (exact) mass is 151 g/mol. The molecule has 0 aromatic carbocycles. The van der Waals surface area contributed by atoms with E-state index in [4.69, 9.17) is 4.42 Å². The number of rotatable bonds is 3. The van der Waals surface area contributed by atoms with Crippen LogP contribution in [-0.2, 0) is 6.42 Å². The lowest BCUT2D eigenvalue weighted by Crippen LogP contribution is -1.87. The molecule has 0 fully saturated rings. The molecule has 2 nitrogen and oxygen atoms in total. The Morgan fingerprint density at radius 1 is 1.73 bits per heavy atom. The molecule has 1 heterocycles. The third-order valence-corrected chi connectivity index (χ3v) is 1.43. The molecule has 0 spiro atoms. The summed E-state index contributed by atoms with van der Waals surface area (Å²) in [7, 11) is 0. The third kappa shape index (κ3) is 1.93. The van der Waals surface area contributed by atoms with Crippen LogP contribution in [0.4, 0.5) is 0 Å². The largest absolute Gasteiger partial charge is 0.460 e. The van der Waals surface area contributed by atoms with E-state index < -0.39 is 0 Å². The van der Waals surface area contributed by atoms with Crippen LogP contribution in [0.15, 0.2) is 10.7 Å². The normalized spacial score (nSPS) is 10.0. The molecule has 11 heavy (non-hydrogen) atoms. The molecule has 59 valence electrons. The summed E-state index contributed by atoms with van der Waals surface area (Å²) in [6.07, 6.45) is 3.57. The molecule has 0 saturated carbocycles. The molecule has 2 heteroatoms. The highest BCUT2D eigenvalue weighted by atomic mass is 16.3. The molecule has 1 radical (unpaired) electrons. The van der Waals surface area contributed by atoms with Crippen LogP contribution >= 0.6 is 0 Å². The number of carbonyl (C=O) groups is 1. The molecule has 1 aromatic rings. The van der Waals surface area contributed by atoms with Gasteiger partial charge < -0.3 is 4.42 Å². The highest BCUT2D eigenvalue weighted by Gasteiger charge is 2.05. The molecule has 0 unspecified atom stereocenters. The van der Waals surface area contributed by atoms with Crippen molar-refractivity contribution in [1.82, 2.24) is 0 Å². The van der Waals surface area contributed by atoms with Crippen LogP contribution in [0.5, 0.6) is 0 Å². The van der Waals surface area contributed by atoms with Crippen molar-refractivity contribution >= 4 is 5.78 Å². The predicted octanol–water partition coefficient (Wildman–Crippen LogP) is 2.23. The maximum atomic E-state index is 10.7. The Morgan fingerprint density at radius 2 is 2.45 bits per heavy atom. The average Bonchev–Trinajstić information content (AvgIpc) is 2.37. The van der Waals surface area contributed by atoms with E-state index in [-0.39, 0.29) is 5.78 Å². The van der Waals surface area contributed by atoms with Gasteiger partial charge in [-0.15, -0.1) is 0 Å². The minimum Gasteiger partial charge on any atom is -0.460 e. The van der Waals surface area contributed by atoms with Crippen molar-refractivity contribution in [3.05, 3.63) is 23.7 Å². The molecule has 0 aliphatic heterocycles. The second-order valence-corrected chi connectivity index (χ2v) is 2.52. The van der Waals surface area contributed by atoms with E-state index in [0.717, 1.165) is 18.4 Å². The molecule has 0 bridgehead atoms. The molecule has 0 aliphatic carbocycles. The predicted molar refractivity (Wildman–Crippen MR) is 41.5 cm³/mol. The first-order chi connectivity index (χ1) is 5.24. The van der Waals surface area contributed by atoms with Gasteiger partial charge in [-0.3, -0.25) is 4.79 Å². The van der Waals surface area contributed by atoms with E-state index in [1.54, 1.807) is 6.26 Å². The molecule has 1 rings (SSSR count). The number of Topliss-reactive ketones (excluding diaryl/α,β-unsaturated/α-hetero) is 1. The number of hydrogen-bond acceptors (Lipinski definition) is 2. The summed E-state index contributed by atoms with van der Waals surface area (Å²) in [5, 5.41) is 0. The fourth-order valence-electron chi connectivity index (χ4n) is 0.897. The zero-order valence-corrected chi connectivity index (χ0v) is 6.81. The van der Waals surface area contributed by atoms with Gasteiger partial charge in [0, 0.05) is 13.0 Å². The standard InChI is InChI=1S/C9H11O2/c1-3-4-8-5-9(7(2)10)11-6-8/h6H,3-4H2,1-2H3. The molecule has 1 aromatic heterocycles. The van der Waals surface area contributed by atoms with Crippen molar-refractivity contribution in [2.45, 2.75) is 26.7 Å². The van der Waals surface area contributed by atoms with Gasteiger partial charge in [-0.25, -0.2) is 0 Å². The number of carbonyl (C=O) groups excluding carboxylic acids is 1. The zero-order chi connectivity index (χ0) is 8.27. The Labute approximate surface area is 66.2 Å². The number of ketones is 1. The number of aryl methyl sites for hydroxylation is 1. The zero-order valence-electron chi connectivity index (χ0n) is 6.81. The van der Waals surface area contributed by atoms with Gasteiger partial charge in [0.2, 0.25) is 0 Å². The SMILES string of the molecule is CCCc1[c]c(C(C)=O)oc1. The molecule has 0 atom stereocenters. The fraction of sp³-hybridized carbons (Fsp3) is 0.444. The summed E-state index contributed by atoms with van der Waals surface area (Å²) in [4.78, 5) is 10.7. The van der Waals surface area contributed by atoms with Crippen LogP contribution in [0.1, 0.15) is 36.4 Å². The first kappa shape index (κ1) is 8.05. The lowest BCUT2D eigenvalue weighted by atomic mass is 10.2. The van der Waals surface area contributed by atoms with Crippen molar-refractivity contribution in [3.63, 3.8) is 0 Å². The van der Waals surface area contributed by atoms with Gasteiger partial charge in [0.15, 0.2) is 11.5 Å². The summed E-state index contributed by atoms with van der Waals surface area (Å²) in [5.41, 5.74) is 0.984. The van der Waals surface area contributed by atoms with Crippen LogP contribution < -0.4 is 0 Å². The summed E-state index contributed by atoms with van der Waals surface area (Å²) >= 11 is 0. The lowest BCUT2D eigenvalue weighted by molar-refractivity contribution is 0.0987. The molecule has 0 saturated heterocycles. The van der Waals surface area contributed by atoms with Crippen molar-refractivity contribution < 1.29 is 9.21 Å². The molecular weight excluding hydrogens is 140 g/mol. The maximum absolute atomic E-state index is 10.7. The van der Waals surface area contributed by atoms with Gasteiger partial charge in [0.05, 0.1) is 6.26 Å². The second-order valence-electron chi connectivity index (χ2n) is 2.52. The van der Waals surface area contributed by atoms with Gasteiger partial charge >= 0.3 is 0 Å². The highest BCUT2D eigenvalue weighted by molar-refractivity contribution is 5.91. The Morgan fingerprint density at radius 3 is 2.91 bits per heavy atom. The Bertz CT molecular complexity index is 248. The van der Waals surface area contributed by atoms with Gasteiger partial charge in [-0.05, 0) is 12.0 Å². The van der Waals surface area contributed by atoms with Crippen molar-refractivity contribution in [2.24, 2.45) is 0 Å². The third-order valence-electron chi connectivity index (χ3n) is 1.43. The van der Waals surface area contributed by atoms with Crippen molar-refractivity contribution in [2.75, 3.05) is 0 Å². The molecule has 0 N–H and O–H groups in total. The maximum Gasteiger partial charge on any atom is 0.195 e. The quantitative estimate of drug-likeness (QED) is 0.620. The average molecular weight is 151 g/mol. The fourth-order valence-corrected chi connectivity index (χ4v) is 0.897. The van der Waals surface area contributed by atoms with Crippen LogP contribution in [-0.4, -0.2) is 5.78 Å². The van der Waals surface area contributed by atoms with E-state index in [0.29, 0.717) is 5.76 Å². The summed E-state index contributed by atoms with van der Waals surface area (Å²) in [6, 6.07) is 2.90. The minimum absolute atomic E-state index is 0.0626. The molecule has 0 amide bonds. The first-order valence-corrected chi connectivity index (χ1v) is 3.74. The first-order valence-electron chi connectivity index (χ1n) is 3.74. The van der Waals surface area contributed by atoms with Crippen LogP contribution in [0, 0.1) is 6.07 Å². The van der Waals surface area contributed by atoms with E-state index in [2.05, 4.69) is 13.0 Å². The topological polar surface area (TPSA) is 30.2 Å². The van der Waals surface area contributed by atoms with E-state index >= 15 is 0 Å². The van der Waals surface area contributed by atoms with E-state index in [9.17, 15) is 4.79 Å². The van der Waals surface area contributed by atoms with Gasteiger partial charge in [0.25, 0.3) is 0 Å². The number of furan rings is 1.